The van der Waals surface area contributed by atoms with Crippen molar-refractivity contribution < 1.29 is 22.7 Å². The molecule has 15 heterocycles. The number of piperidine rings is 2. The number of nitrogens with one attached hydrogen (secondary N) is 3. The van der Waals surface area contributed by atoms with Crippen LogP contribution in [0.3, 0.4) is 0 Å². The van der Waals surface area contributed by atoms with Gasteiger partial charge in [0, 0.05) is 136 Å². The topological polar surface area (TPSA) is 223 Å². The number of para-hydroxylation sites is 8. The molecule has 104 heavy (non-hydrogen) atoms. The molecule has 0 spiro atoms. The Morgan fingerprint density at radius 1 is 0.346 bits per heavy atom. The van der Waals surface area contributed by atoms with E-state index in [4.69, 9.17) is 15.1 Å². The molecule has 5 saturated heterocycles. The minimum Gasteiger partial charge on any atom is -0.396 e. The lowest BCUT2D eigenvalue weighted by atomic mass is 9.94. The number of hydrogen-bond acceptors (Lipinski definition) is 19. The Morgan fingerprint density at radius 2 is 0.692 bits per heavy atom. The van der Waals surface area contributed by atoms with Crippen LogP contribution < -0.4 is 40.4 Å². The van der Waals surface area contributed by atoms with Gasteiger partial charge in [-0.2, -0.15) is 24.9 Å². The molecule has 20 rings (SSSR count). The van der Waals surface area contributed by atoms with E-state index >= 15 is 0 Å². The summed E-state index contributed by atoms with van der Waals surface area (Å²) in [6.45, 7) is 14.8. The van der Waals surface area contributed by atoms with E-state index in [1.807, 2.05) is 109 Å². The molecular formula is C76H81F4N23O. The summed E-state index contributed by atoms with van der Waals surface area (Å²) in [4.78, 5) is 56.4. The number of aliphatic hydroxyl groups excluding tert-OH is 1. The maximum Gasteiger partial charge on any atom is 0.236 e. The third-order valence-corrected chi connectivity index (χ3v) is 20.3. The summed E-state index contributed by atoms with van der Waals surface area (Å²) in [5, 5.41) is 18.9. The van der Waals surface area contributed by atoms with Crippen LogP contribution in [0.4, 0.5) is 46.7 Å². The van der Waals surface area contributed by atoms with Gasteiger partial charge in [0.05, 0.1) is 62.5 Å². The van der Waals surface area contributed by atoms with Crippen LogP contribution in [0, 0.1) is 29.3 Å². The van der Waals surface area contributed by atoms with Crippen LogP contribution in [0.5, 0.6) is 0 Å². The summed E-state index contributed by atoms with van der Waals surface area (Å²) in [5.41, 5.74) is 8.46. The maximum atomic E-state index is 14.3. The Balaban J connectivity index is 0.000000100. The average molecular weight is 1410 g/mol. The summed E-state index contributed by atoms with van der Waals surface area (Å²) < 4.78 is 63.3. The molecule has 10 aromatic heterocycles. The molecule has 5 fully saturated rings. The zero-order valence-electron chi connectivity index (χ0n) is 57.6. The average Bonchev–Trinajstić information content (AvgIpc) is 1.66. The first kappa shape index (κ1) is 67.5. The molecule has 534 valence electrons. The van der Waals surface area contributed by atoms with Crippen molar-refractivity contribution in [3.8, 4) is 0 Å². The molecule has 15 aromatic rings. The number of imidazole rings is 5. The van der Waals surface area contributed by atoms with Crippen molar-refractivity contribution >= 4 is 113 Å². The standard InChI is InChI=1S/C17H19FN4.C17H20N4O.C14H13F2N5.C14H14FN5.C14H15N5/c18-9-5-13-6-10-21(11-7-13)16-8-12-22-15-4-2-1-3-14(15)19-17(22)20-16;22-12-8-13-5-9-20(10-6-13)16-7-11-21-15-4-2-1-3-14(15)18-17(21)19-16;15-9-1-2-10-13(12(9)16)19-14-18-11(3-6-21(10)14)20-7-4-17-5-8-20;15-10-9-20-12-4-2-1-3-11(12)17-14(20)18-13(10)19-7-5-16-6-8-19;1-2-4-12-11(3-1)16-14-17-13(5-8-19(12)14)18-9-6-15-7-10-18/h1-4,8,12-13H,5-7,9-11H2;1-4,7,11,13,22H,5-6,8-10,12H2;1-3,6,17H,4-5,7-8H2;1-4,9,16H,5-8H2;1-5,8,15H,6-7,9-10H2. The van der Waals surface area contributed by atoms with Crippen LogP contribution >= 0.6 is 0 Å². The Hall–Kier alpha value is -10.9. The van der Waals surface area contributed by atoms with E-state index in [1.54, 1.807) is 15.0 Å². The van der Waals surface area contributed by atoms with Crippen molar-refractivity contribution in [3.05, 3.63) is 182 Å². The highest BCUT2D eigenvalue weighted by atomic mass is 19.2. The highest BCUT2D eigenvalue weighted by Crippen LogP contribution is 2.30. The summed E-state index contributed by atoms with van der Waals surface area (Å²) in [6.07, 6.45) is 15.4. The molecule has 5 aromatic carbocycles. The fourth-order valence-electron chi connectivity index (χ4n) is 14.6. The quantitative estimate of drug-likeness (QED) is 0.0987. The first-order valence-corrected chi connectivity index (χ1v) is 36.0. The normalized spacial score (nSPS) is 16.4. The van der Waals surface area contributed by atoms with Gasteiger partial charge < -0.3 is 45.6 Å². The lowest BCUT2D eigenvalue weighted by molar-refractivity contribution is 0.240. The van der Waals surface area contributed by atoms with Crippen LogP contribution in [-0.4, -0.2) is 195 Å². The minimum absolute atomic E-state index is 0.0139. The number of alkyl halides is 1. The molecule has 0 atom stereocenters. The summed E-state index contributed by atoms with van der Waals surface area (Å²) in [6, 6.07) is 42.7. The molecule has 0 saturated carbocycles. The Labute approximate surface area is 595 Å². The van der Waals surface area contributed by atoms with Gasteiger partial charge >= 0.3 is 0 Å². The van der Waals surface area contributed by atoms with E-state index < -0.39 is 11.6 Å². The predicted octanol–water partition coefficient (Wildman–Crippen LogP) is 10.2. The van der Waals surface area contributed by atoms with E-state index in [9.17, 15) is 17.6 Å². The van der Waals surface area contributed by atoms with Crippen LogP contribution in [0.15, 0.2) is 164 Å². The van der Waals surface area contributed by atoms with Crippen molar-refractivity contribution in [1.29, 1.82) is 0 Å². The highest BCUT2D eigenvalue weighted by molar-refractivity contribution is 5.83. The largest absolute Gasteiger partial charge is 0.396 e. The number of anilines is 5. The van der Waals surface area contributed by atoms with Crippen molar-refractivity contribution in [2.75, 3.05) is 142 Å². The van der Waals surface area contributed by atoms with Gasteiger partial charge in [0.25, 0.3) is 0 Å². The van der Waals surface area contributed by atoms with Gasteiger partial charge in [0.2, 0.25) is 28.9 Å². The van der Waals surface area contributed by atoms with E-state index in [-0.39, 0.29) is 18.0 Å². The van der Waals surface area contributed by atoms with Crippen molar-refractivity contribution in [2.45, 2.75) is 38.5 Å². The molecule has 4 N–H and O–H groups in total. The minimum atomic E-state index is -0.929. The summed E-state index contributed by atoms with van der Waals surface area (Å²) >= 11 is 0. The maximum absolute atomic E-state index is 14.3. The number of benzene rings is 5. The Morgan fingerprint density at radius 3 is 1.10 bits per heavy atom. The third kappa shape index (κ3) is 14.2. The summed E-state index contributed by atoms with van der Waals surface area (Å²) in [7, 11) is 0. The molecular weight excluding hydrogens is 1330 g/mol. The van der Waals surface area contributed by atoms with Crippen LogP contribution in [-0.2, 0) is 0 Å². The van der Waals surface area contributed by atoms with E-state index in [2.05, 4.69) is 124 Å². The van der Waals surface area contributed by atoms with E-state index in [0.29, 0.717) is 47.8 Å². The fourth-order valence-corrected chi connectivity index (χ4v) is 14.6. The van der Waals surface area contributed by atoms with Crippen LogP contribution in [0.2, 0.25) is 0 Å². The number of nitrogens with zero attached hydrogens (tertiary/aromatic N) is 20. The SMILES string of the molecule is FCCC1CCN(c2ccn3c(n2)nc2ccccc23)CC1.Fc1ccc2c(nc3nc(N4CCNCC4)ccn32)c1F.Fc1cn2c(nc1N1CCNCC1)nc1ccccc12.OCCC1CCN(c2ccn3c(n2)nc2ccccc23)CC1.c1ccc2c(c1)nc1nc(N3CCNCC3)ccn12. The van der Waals surface area contributed by atoms with Gasteiger partial charge in [-0.25, -0.2) is 38.1 Å². The zero-order chi connectivity index (χ0) is 70.5. The third-order valence-electron chi connectivity index (χ3n) is 20.3. The number of rotatable bonds is 9. The second-order valence-electron chi connectivity index (χ2n) is 26.7. The first-order chi connectivity index (χ1) is 51.2. The number of piperazine rings is 3. The highest BCUT2D eigenvalue weighted by Gasteiger charge is 2.25. The van der Waals surface area contributed by atoms with Crippen molar-refractivity contribution in [1.82, 2.24) is 87.8 Å². The van der Waals surface area contributed by atoms with E-state index in [0.717, 1.165) is 228 Å². The zero-order valence-corrected chi connectivity index (χ0v) is 57.6. The molecule has 0 aliphatic carbocycles. The molecule has 5 aliphatic rings. The molecule has 28 heteroatoms. The second-order valence-corrected chi connectivity index (χ2v) is 26.7. The van der Waals surface area contributed by atoms with E-state index in [1.165, 1.54) is 12.3 Å². The molecule has 0 amide bonds. The van der Waals surface area contributed by atoms with Crippen LogP contribution in [0.25, 0.3) is 84.1 Å². The van der Waals surface area contributed by atoms with Gasteiger partial charge in [-0.3, -0.25) is 26.4 Å². The van der Waals surface area contributed by atoms with Gasteiger partial charge in [-0.05, 0) is 135 Å². The monoisotopic (exact) mass is 1410 g/mol. The molecule has 0 bridgehead atoms. The lowest BCUT2D eigenvalue weighted by Crippen LogP contribution is -2.44. The van der Waals surface area contributed by atoms with Gasteiger partial charge in [-0.1, -0.05) is 48.5 Å². The van der Waals surface area contributed by atoms with Crippen molar-refractivity contribution in [3.63, 3.8) is 0 Å². The molecule has 0 unspecified atom stereocenters. The van der Waals surface area contributed by atoms with Crippen molar-refractivity contribution in [2.24, 2.45) is 11.8 Å². The molecule has 5 aliphatic heterocycles. The number of aromatic nitrogens is 15. The number of halogens is 4. The predicted molar refractivity (Wildman–Crippen MR) is 400 cm³/mol. The first-order valence-electron chi connectivity index (χ1n) is 36.0. The number of aliphatic hydroxyl groups is 1. The smallest absolute Gasteiger partial charge is 0.236 e. The fraction of sp³-hybridized carbons (Fsp3) is 0.342. The van der Waals surface area contributed by atoms with Gasteiger partial charge in [0.15, 0.2) is 23.3 Å². The molecule has 24 nitrogen and oxygen atoms in total. The molecule has 0 radical (unpaired) electrons. The summed E-state index contributed by atoms with van der Waals surface area (Å²) in [5.74, 6) is 6.45. The Bertz CT molecular complexity index is 5340. The number of fused-ring (bicyclic) bond motifs is 15. The Kier molecular flexibility index (Phi) is 19.8. The number of hydrogen-bond donors (Lipinski definition) is 4. The van der Waals surface area contributed by atoms with Gasteiger partial charge in [-0.15, -0.1) is 0 Å². The lowest BCUT2D eigenvalue weighted by Gasteiger charge is -2.32. The van der Waals surface area contributed by atoms with Crippen LogP contribution in [0.1, 0.15) is 38.5 Å². The second kappa shape index (κ2) is 30.6. The van der Waals surface area contributed by atoms with Gasteiger partial charge in [0.1, 0.15) is 28.8 Å².